The quantitative estimate of drug-likeness (QED) is 0.795. The van der Waals surface area contributed by atoms with Gasteiger partial charge in [-0.1, -0.05) is 32.0 Å². The second kappa shape index (κ2) is 8.34. The highest BCUT2D eigenvalue weighted by Gasteiger charge is 2.49. The summed E-state index contributed by atoms with van der Waals surface area (Å²) in [4.78, 5) is 27.1. The Hall–Kier alpha value is -2.08. The number of carbonyl (C=O) groups excluding carboxylic acids is 2. The van der Waals surface area contributed by atoms with E-state index in [4.69, 9.17) is 4.74 Å². The molecule has 3 atom stereocenters. The van der Waals surface area contributed by atoms with Crippen LogP contribution in [0.4, 0.5) is 10.5 Å². The summed E-state index contributed by atoms with van der Waals surface area (Å²) >= 11 is 0. The Kier molecular flexibility index (Phi) is 5.81. The predicted molar refractivity (Wildman–Crippen MR) is 113 cm³/mol. The number of nitrogens with zero attached hydrogens (tertiary/aromatic N) is 1. The number of para-hydroxylation sites is 1. The molecule has 6 heteroatoms. The molecule has 2 saturated heterocycles. The van der Waals surface area contributed by atoms with Gasteiger partial charge in [-0.05, 0) is 56.1 Å². The summed E-state index contributed by atoms with van der Waals surface area (Å²) < 4.78 is 6.33. The Morgan fingerprint density at radius 1 is 1.21 bits per heavy atom. The highest BCUT2D eigenvalue weighted by atomic mass is 16.5. The van der Waals surface area contributed by atoms with Gasteiger partial charge >= 0.3 is 6.03 Å². The number of benzene rings is 1. The molecule has 0 aromatic heterocycles. The average Bonchev–Trinajstić information content (AvgIpc) is 3.46. The van der Waals surface area contributed by atoms with Crippen molar-refractivity contribution < 1.29 is 14.3 Å². The molecule has 2 heterocycles. The molecule has 3 aliphatic rings. The third-order valence-corrected chi connectivity index (χ3v) is 6.89. The minimum atomic E-state index is -0.340. The molecule has 6 nitrogen and oxygen atoms in total. The molecule has 158 valence electrons. The first kappa shape index (κ1) is 20.2. The molecule has 3 amide bonds. The number of nitrogens with one attached hydrogen (secondary N) is 2. The zero-order valence-electron chi connectivity index (χ0n) is 17.6. The molecule has 0 radical (unpaired) electrons. The van der Waals surface area contributed by atoms with Crippen LogP contribution >= 0.6 is 0 Å². The van der Waals surface area contributed by atoms with Crippen LogP contribution in [0.1, 0.15) is 51.5 Å². The number of anilines is 1. The highest BCUT2D eigenvalue weighted by molar-refractivity contribution is 5.90. The van der Waals surface area contributed by atoms with E-state index >= 15 is 0 Å². The molecule has 4 rings (SSSR count). The van der Waals surface area contributed by atoms with Crippen LogP contribution in [-0.2, 0) is 16.0 Å². The fourth-order valence-electron chi connectivity index (χ4n) is 4.68. The molecule has 1 saturated carbocycles. The van der Waals surface area contributed by atoms with Crippen molar-refractivity contribution in [1.29, 1.82) is 0 Å². The van der Waals surface area contributed by atoms with Crippen molar-refractivity contribution in [3.63, 3.8) is 0 Å². The van der Waals surface area contributed by atoms with E-state index in [0.29, 0.717) is 19.0 Å². The molecular weight excluding hydrogens is 366 g/mol. The van der Waals surface area contributed by atoms with E-state index < -0.39 is 0 Å². The lowest BCUT2D eigenvalue weighted by Crippen LogP contribution is -2.54. The molecule has 1 spiro atoms. The Bertz CT molecular complexity index is 763. The number of aryl methyl sites for hydroxylation is 1. The van der Waals surface area contributed by atoms with Crippen LogP contribution < -0.4 is 10.6 Å². The van der Waals surface area contributed by atoms with E-state index in [1.54, 1.807) is 0 Å². The first-order chi connectivity index (χ1) is 14.0. The van der Waals surface area contributed by atoms with Crippen molar-refractivity contribution in [1.82, 2.24) is 10.2 Å². The number of amides is 3. The van der Waals surface area contributed by atoms with Gasteiger partial charge in [-0.2, -0.15) is 0 Å². The zero-order valence-corrected chi connectivity index (χ0v) is 17.6. The number of piperidine rings is 1. The minimum absolute atomic E-state index is 0.0392. The van der Waals surface area contributed by atoms with Crippen molar-refractivity contribution in [3.8, 4) is 0 Å². The van der Waals surface area contributed by atoms with Gasteiger partial charge in [0.25, 0.3) is 0 Å². The summed E-state index contributed by atoms with van der Waals surface area (Å²) in [6, 6.07) is 7.89. The second-order valence-corrected chi connectivity index (χ2v) is 8.94. The third kappa shape index (κ3) is 4.42. The lowest BCUT2D eigenvalue weighted by molar-refractivity contribution is -0.146. The van der Waals surface area contributed by atoms with Gasteiger partial charge < -0.3 is 20.3 Å². The van der Waals surface area contributed by atoms with E-state index in [1.165, 1.54) is 12.8 Å². The molecule has 1 aromatic carbocycles. The fraction of sp³-hybridized carbons (Fsp3) is 0.652. The van der Waals surface area contributed by atoms with Gasteiger partial charge in [-0.3, -0.25) is 4.79 Å². The average molecular weight is 400 g/mol. The fourth-order valence-corrected chi connectivity index (χ4v) is 4.68. The maximum Gasteiger partial charge on any atom is 0.321 e. The van der Waals surface area contributed by atoms with E-state index in [0.717, 1.165) is 43.5 Å². The molecule has 1 aliphatic carbocycles. The maximum absolute atomic E-state index is 12.8. The number of hydrogen-bond acceptors (Lipinski definition) is 3. The SMILES string of the molecule is CCc1ccccc1NC(=O)N1CC[C@]2(CC[C@@H](C(=O)NCC3CC3)O2)[C@@H](C)C1. The molecule has 3 fully saturated rings. The van der Waals surface area contributed by atoms with Crippen molar-refractivity contribution in [2.75, 3.05) is 25.0 Å². The smallest absolute Gasteiger partial charge is 0.321 e. The van der Waals surface area contributed by atoms with Gasteiger partial charge in [0.2, 0.25) is 5.91 Å². The molecule has 0 unspecified atom stereocenters. The summed E-state index contributed by atoms with van der Waals surface area (Å²) in [5.41, 5.74) is 1.75. The molecule has 29 heavy (non-hydrogen) atoms. The van der Waals surface area contributed by atoms with E-state index in [-0.39, 0.29) is 29.6 Å². The summed E-state index contributed by atoms with van der Waals surface area (Å²) in [6.45, 7) is 6.32. The van der Waals surface area contributed by atoms with Gasteiger partial charge in [0.1, 0.15) is 6.10 Å². The Morgan fingerprint density at radius 3 is 2.72 bits per heavy atom. The van der Waals surface area contributed by atoms with Crippen LogP contribution in [0.25, 0.3) is 0 Å². The lowest BCUT2D eigenvalue weighted by atomic mass is 9.80. The van der Waals surface area contributed by atoms with Crippen molar-refractivity contribution in [2.45, 2.75) is 64.1 Å². The van der Waals surface area contributed by atoms with Crippen LogP contribution in [0.3, 0.4) is 0 Å². The van der Waals surface area contributed by atoms with Crippen LogP contribution in [0.2, 0.25) is 0 Å². The Labute approximate surface area is 173 Å². The van der Waals surface area contributed by atoms with E-state index in [9.17, 15) is 9.59 Å². The molecule has 1 aromatic rings. The molecule has 2 aliphatic heterocycles. The second-order valence-electron chi connectivity index (χ2n) is 8.94. The molecule has 0 bridgehead atoms. The third-order valence-electron chi connectivity index (χ3n) is 6.89. The number of hydrogen-bond donors (Lipinski definition) is 2. The first-order valence-corrected chi connectivity index (χ1v) is 11.1. The van der Waals surface area contributed by atoms with Crippen molar-refractivity contribution in [2.24, 2.45) is 11.8 Å². The summed E-state index contributed by atoms with van der Waals surface area (Å²) in [5, 5.41) is 6.12. The van der Waals surface area contributed by atoms with E-state index in [2.05, 4.69) is 24.5 Å². The highest BCUT2D eigenvalue weighted by Crippen LogP contribution is 2.42. The van der Waals surface area contributed by atoms with Gasteiger partial charge in [-0.25, -0.2) is 4.79 Å². The van der Waals surface area contributed by atoms with Crippen molar-refractivity contribution in [3.05, 3.63) is 29.8 Å². The standard InChI is InChI=1S/C23H33N3O3/c1-3-18-6-4-5-7-19(18)25-22(28)26-13-12-23(16(2)15-26)11-10-20(29-23)21(27)24-14-17-8-9-17/h4-7,16-17,20H,3,8-15H2,1-2H3,(H,24,27)(H,25,28)/t16-,20-,23+/m0/s1. The normalized spacial score (nSPS) is 29.1. The van der Waals surface area contributed by atoms with Gasteiger partial charge in [0.15, 0.2) is 0 Å². The summed E-state index contributed by atoms with van der Waals surface area (Å²) in [6.07, 6.45) is 5.45. The summed E-state index contributed by atoms with van der Waals surface area (Å²) in [5.74, 6) is 0.912. The zero-order chi connectivity index (χ0) is 20.4. The van der Waals surface area contributed by atoms with E-state index in [1.807, 2.05) is 29.2 Å². The Balaban J connectivity index is 1.32. The van der Waals surface area contributed by atoms with Gasteiger partial charge in [-0.15, -0.1) is 0 Å². The number of urea groups is 1. The van der Waals surface area contributed by atoms with Gasteiger partial charge in [0, 0.05) is 31.2 Å². The number of ether oxygens (including phenoxy) is 1. The van der Waals surface area contributed by atoms with Crippen LogP contribution in [0, 0.1) is 11.8 Å². The van der Waals surface area contributed by atoms with Crippen LogP contribution in [-0.4, -0.2) is 48.2 Å². The number of carbonyl (C=O) groups is 2. The van der Waals surface area contributed by atoms with Crippen molar-refractivity contribution >= 4 is 17.6 Å². The van der Waals surface area contributed by atoms with Crippen LogP contribution in [0.5, 0.6) is 0 Å². The Morgan fingerprint density at radius 2 is 2.00 bits per heavy atom. The lowest BCUT2D eigenvalue weighted by Gasteiger charge is -2.44. The van der Waals surface area contributed by atoms with Gasteiger partial charge in [0.05, 0.1) is 5.60 Å². The van der Waals surface area contributed by atoms with Crippen LogP contribution in [0.15, 0.2) is 24.3 Å². The largest absolute Gasteiger partial charge is 0.362 e. The first-order valence-electron chi connectivity index (χ1n) is 11.1. The number of likely N-dealkylation sites (tertiary alicyclic amines) is 1. The minimum Gasteiger partial charge on any atom is -0.362 e. The molecule has 2 N–H and O–H groups in total. The summed E-state index contributed by atoms with van der Waals surface area (Å²) in [7, 11) is 0. The molecular formula is C23H33N3O3. The monoisotopic (exact) mass is 399 g/mol. The number of rotatable bonds is 5. The predicted octanol–water partition coefficient (Wildman–Crippen LogP) is 3.57. The maximum atomic E-state index is 12.8. The topological polar surface area (TPSA) is 70.7 Å².